The van der Waals surface area contributed by atoms with Crippen LogP contribution in [0.2, 0.25) is 5.28 Å². The molecule has 0 aliphatic carbocycles. The normalized spacial score (nSPS) is 10.9. The molecule has 0 saturated heterocycles. The Morgan fingerprint density at radius 3 is 2.67 bits per heavy atom. The Morgan fingerprint density at radius 1 is 1.33 bits per heavy atom. The molecule has 0 spiro atoms. The Balaban J connectivity index is 2.05. The standard InChI is InChI=1S/C8H10ClN5O/c1-5-11-12-8(9)14(5)4-3-7-10-6(2)15-13-7/h3-4H2,1-2H3. The molecule has 0 N–H and O–H groups in total. The highest BCUT2D eigenvalue weighted by Crippen LogP contribution is 2.08. The fraction of sp³-hybridized carbons (Fsp3) is 0.500. The number of nitrogens with zero attached hydrogens (tertiary/aromatic N) is 5. The van der Waals surface area contributed by atoms with Crippen LogP contribution in [0.4, 0.5) is 0 Å². The van der Waals surface area contributed by atoms with Crippen LogP contribution < -0.4 is 0 Å². The number of aryl methyl sites for hydroxylation is 3. The van der Waals surface area contributed by atoms with Crippen molar-refractivity contribution in [1.82, 2.24) is 24.9 Å². The van der Waals surface area contributed by atoms with Crippen molar-refractivity contribution in [3.63, 3.8) is 0 Å². The summed E-state index contributed by atoms with van der Waals surface area (Å²) >= 11 is 5.84. The molecular formula is C8H10ClN5O. The van der Waals surface area contributed by atoms with Crippen LogP contribution >= 0.6 is 11.6 Å². The summed E-state index contributed by atoms with van der Waals surface area (Å²) in [6.45, 7) is 4.25. The van der Waals surface area contributed by atoms with Gasteiger partial charge in [-0.3, -0.25) is 0 Å². The number of hydrogen-bond donors (Lipinski definition) is 0. The van der Waals surface area contributed by atoms with E-state index in [9.17, 15) is 0 Å². The minimum absolute atomic E-state index is 0.382. The molecule has 0 aliphatic rings. The summed E-state index contributed by atoms with van der Waals surface area (Å²) < 4.78 is 6.66. The monoisotopic (exact) mass is 227 g/mol. The molecule has 0 radical (unpaired) electrons. The van der Waals surface area contributed by atoms with Crippen LogP contribution in [-0.4, -0.2) is 24.9 Å². The van der Waals surface area contributed by atoms with Crippen LogP contribution in [-0.2, 0) is 13.0 Å². The molecule has 0 aliphatic heterocycles. The first-order valence-electron chi connectivity index (χ1n) is 4.51. The summed E-state index contributed by atoms with van der Waals surface area (Å²) in [5.41, 5.74) is 0. The topological polar surface area (TPSA) is 69.6 Å². The highest BCUT2D eigenvalue weighted by atomic mass is 35.5. The van der Waals surface area contributed by atoms with Crippen molar-refractivity contribution < 1.29 is 4.52 Å². The van der Waals surface area contributed by atoms with Gasteiger partial charge in [-0.2, -0.15) is 4.98 Å². The zero-order valence-electron chi connectivity index (χ0n) is 8.44. The van der Waals surface area contributed by atoms with Gasteiger partial charge in [0.1, 0.15) is 5.82 Å². The third-order valence-electron chi connectivity index (χ3n) is 2.02. The van der Waals surface area contributed by atoms with E-state index in [4.69, 9.17) is 16.1 Å². The van der Waals surface area contributed by atoms with E-state index >= 15 is 0 Å². The number of halogens is 1. The van der Waals surface area contributed by atoms with Gasteiger partial charge in [0.15, 0.2) is 5.82 Å². The van der Waals surface area contributed by atoms with E-state index in [-0.39, 0.29) is 0 Å². The molecule has 0 atom stereocenters. The zero-order chi connectivity index (χ0) is 10.8. The van der Waals surface area contributed by atoms with Gasteiger partial charge in [-0.1, -0.05) is 5.16 Å². The molecule has 0 fully saturated rings. The second-order valence-electron chi connectivity index (χ2n) is 3.15. The summed E-state index contributed by atoms with van der Waals surface area (Å²) in [6.07, 6.45) is 0.649. The van der Waals surface area contributed by atoms with Crippen LogP contribution in [0.15, 0.2) is 4.52 Å². The van der Waals surface area contributed by atoms with Crippen molar-refractivity contribution in [2.24, 2.45) is 0 Å². The maximum atomic E-state index is 5.84. The molecule has 0 unspecified atom stereocenters. The highest BCUT2D eigenvalue weighted by molar-refractivity contribution is 6.28. The fourth-order valence-electron chi connectivity index (χ4n) is 1.26. The van der Waals surface area contributed by atoms with Crippen molar-refractivity contribution in [1.29, 1.82) is 0 Å². The maximum Gasteiger partial charge on any atom is 0.225 e. The Kier molecular flexibility index (Phi) is 2.68. The second-order valence-corrected chi connectivity index (χ2v) is 3.49. The van der Waals surface area contributed by atoms with Crippen molar-refractivity contribution in [3.8, 4) is 0 Å². The molecule has 15 heavy (non-hydrogen) atoms. The van der Waals surface area contributed by atoms with Gasteiger partial charge in [-0.15, -0.1) is 10.2 Å². The van der Waals surface area contributed by atoms with Gasteiger partial charge in [0.2, 0.25) is 11.2 Å². The lowest BCUT2D eigenvalue weighted by molar-refractivity contribution is 0.386. The average molecular weight is 228 g/mol. The van der Waals surface area contributed by atoms with Gasteiger partial charge in [0.25, 0.3) is 0 Å². The Bertz CT molecular complexity index is 444. The third kappa shape index (κ3) is 2.15. The third-order valence-corrected chi connectivity index (χ3v) is 2.30. The Morgan fingerprint density at radius 2 is 2.13 bits per heavy atom. The molecule has 2 rings (SSSR count). The van der Waals surface area contributed by atoms with E-state index in [1.165, 1.54) is 0 Å². The molecule has 2 heterocycles. The Hall–Kier alpha value is -1.43. The maximum absolute atomic E-state index is 5.84. The molecule has 0 amide bonds. The molecule has 7 heteroatoms. The summed E-state index contributed by atoms with van der Waals surface area (Å²) in [4.78, 5) is 4.09. The van der Waals surface area contributed by atoms with Crippen LogP contribution in [0.5, 0.6) is 0 Å². The Labute approximate surface area is 91.3 Å². The van der Waals surface area contributed by atoms with Crippen molar-refractivity contribution in [2.45, 2.75) is 26.8 Å². The molecular weight excluding hydrogens is 218 g/mol. The van der Waals surface area contributed by atoms with E-state index in [0.29, 0.717) is 30.0 Å². The van der Waals surface area contributed by atoms with E-state index in [1.807, 2.05) is 6.92 Å². The molecule has 0 bridgehead atoms. The molecule has 80 valence electrons. The predicted molar refractivity (Wildman–Crippen MR) is 52.5 cm³/mol. The van der Waals surface area contributed by atoms with Crippen molar-refractivity contribution in [2.75, 3.05) is 0 Å². The molecule has 0 saturated carbocycles. The van der Waals surface area contributed by atoms with Crippen LogP contribution in [0.25, 0.3) is 0 Å². The zero-order valence-corrected chi connectivity index (χ0v) is 9.19. The summed E-state index contributed by atoms with van der Waals surface area (Å²) in [5, 5.41) is 11.8. The van der Waals surface area contributed by atoms with Crippen LogP contribution in [0.3, 0.4) is 0 Å². The van der Waals surface area contributed by atoms with Gasteiger partial charge in [-0.25, -0.2) is 0 Å². The van der Waals surface area contributed by atoms with Crippen molar-refractivity contribution >= 4 is 11.6 Å². The van der Waals surface area contributed by atoms with Gasteiger partial charge in [-0.05, 0) is 18.5 Å². The lowest BCUT2D eigenvalue weighted by Gasteiger charge is -2.01. The first-order chi connectivity index (χ1) is 7.16. The van der Waals surface area contributed by atoms with Crippen LogP contribution in [0.1, 0.15) is 17.5 Å². The van der Waals surface area contributed by atoms with E-state index in [0.717, 1.165) is 5.82 Å². The minimum atomic E-state index is 0.382. The lowest BCUT2D eigenvalue weighted by atomic mass is 10.4. The number of rotatable bonds is 3. The number of aromatic nitrogens is 5. The largest absolute Gasteiger partial charge is 0.340 e. The van der Waals surface area contributed by atoms with Gasteiger partial charge >= 0.3 is 0 Å². The van der Waals surface area contributed by atoms with E-state index < -0.39 is 0 Å². The molecule has 0 aromatic carbocycles. The van der Waals surface area contributed by atoms with Gasteiger partial charge in [0, 0.05) is 19.9 Å². The predicted octanol–water partition coefficient (Wildman–Crippen LogP) is 1.17. The minimum Gasteiger partial charge on any atom is -0.340 e. The molecule has 2 aromatic rings. The summed E-state index contributed by atoms with van der Waals surface area (Å²) in [6, 6.07) is 0. The van der Waals surface area contributed by atoms with E-state index in [2.05, 4.69) is 20.3 Å². The lowest BCUT2D eigenvalue weighted by Crippen LogP contribution is -2.04. The number of hydrogen-bond acceptors (Lipinski definition) is 5. The first-order valence-corrected chi connectivity index (χ1v) is 4.89. The van der Waals surface area contributed by atoms with Gasteiger partial charge in [0.05, 0.1) is 0 Å². The molecule has 6 nitrogen and oxygen atoms in total. The van der Waals surface area contributed by atoms with Crippen molar-refractivity contribution in [3.05, 3.63) is 22.8 Å². The highest BCUT2D eigenvalue weighted by Gasteiger charge is 2.08. The second kappa shape index (κ2) is 3.98. The first kappa shape index (κ1) is 10.1. The summed E-state index contributed by atoms with van der Waals surface area (Å²) in [7, 11) is 0. The SMILES string of the molecule is Cc1nc(CCn2c(C)nnc2Cl)no1. The summed E-state index contributed by atoms with van der Waals surface area (Å²) in [5.74, 6) is 2.01. The molecule has 2 aromatic heterocycles. The smallest absolute Gasteiger partial charge is 0.225 e. The van der Waals surface area contributed by atoms with Crippen LogP contribution in [0, 0.1) is 13.8 Å². The quantitative estimate of drug-likeness (QED) is 0.787. The van der Waals surface area contributed by atoms with Gasteiger partial charge < -0.3 is 9.09 Å². The fourth-order valence-corrected chi connectivity index (χ4v) is 1.51. The average Bonchev–Trinajstić information content (AvgIpc) is 2.73. The van der Waals surface area contributed by atoms with E-state index in [1.54, 1.807) is 11.5 Å².